The van der Waals surface area contributed by atoms with E-state index in [1.807, 2.05) is 0 Å². The number of rotatable bonds is 6. The van der Waals surface area contributed by atoms with E-state index in [0.29, 0.717) is 0 Å². The van der Waals surface area contributed by atoms with Crippen molar-refractivity contribution in [1.29, 1.82) is 0 Å². The molecule has 67 heavy (non-hydrogen) atoms. The van der Waals surface area contributed by atoms with Crippen molar-refractivity contribution < 1.29 is 0 Å². The molecule has 0 N–H and O–H groups in total. The van der Waals surface area contributed by atoms with Gasteiger partial charge in [-0.2, -0.15) is 0 Å². The van der Waals surface area contributed by atoms with Crippen LogP contribution < -0.4 is 4.90 Å². The topological polar surface area (TPSA) is 8.17 Å². The number of hydrogen-bond acceptors (Lipinski definition) is 1. The van der Waals surface area contributed by atoms with Gasteiger partial charge in [0.25, 0.3) is 0 Å². The Morgan fingerprint density at radius 2 is 0.761 bits per heavy atom. The summed E-state index contributed by atoms with van der Waals surface area (Å²) in [6.45, 7) is 0. The Morgan fingerprint density at radius 1 is 0.284 bits per heavy atom. The predicted octanol–water partition coefficient (Wildman–Crippen LogP) is 17.1. The van der Waals surface area contributed by atoms with Gasteiger partial charge < -0.3 is 9.47 Å². The molecular weight excluding hydrogens is 809 g/mol. The summed E-state index contributed by atoms with van der Waals surface area (Å²) in [6.07, 6.45) is 0. The van der Waals surface area contributed by atoms with E-state index in [4.69, 9.17) is 0 Å². The molecule has 2 aliphatic carbocycles. The van der Waals surface area contributed by atoms with Crippen LogP contribution in [0.15, 0.2) is 255 Å². The first kappa shape index (κ1) is 37.6. The minimum atomic E-state index is -0.407. The third-order valence-electron chi connectivity index (χ3n) is 14.6. The molecule has 11 aromatic carbocycles. The molecule has 0 saturated heterocycles. The van der Waals surface area contributed by atoms with Crippen LogP contribution in [0.4, 0.5) is 17.1 Å². The van der Waals surface area contributed by atoms with Gasteiger partial charge in [-0.25, -0.2) is 0 Å². The van der Waals surface area contributed by atoms with Gasteiger partial charge in [-0.15, -0.1) is 0 Å². The molecule has 0 unspecified atom stereocenters. The fourth-order valence-electron chi connectivity index (χ4n) is 11.7. The van der Waals surface area contributed by atoms with Gasteiger partial charge >= 0.3 is 0 Å². The Morgan fingerprint density at radius 3 is 1.45 bits per heavy atom. The average molecular weight is 851 g/mol. The van der Waals surface area contributed by atoms with Gasteiger partial charge in [0.05, 0.1) is 22.1 Å². The van der Waals surface area contributed by atoms with Gasteiger partial charge in [0, 0.05) is 33.2 Å². The molecule has 0 fully saturated rings. The summed E-state index contributed by atoms with van der Waals surface area (Å²) in [5.41, 5.74) is 22.0. The van der Waals surface area contributed by atoms with Crippen molar-refractivity contribution in [2.45, 2.75) is 5.41 Å². The van der Waals surface area contributed by atoms with Gasteiger partial charge in [0.15, 0.2) is 0 Å². The molecule has 2 aliphatic rings. The van der Waals surface area contributed by atoms with E-state index in [1.165, 1.54) is 105 Å². The minimum Gasteiger partial charge on any atom is -0.310 e. The fourth-order valence-corrected chi connectivity index (χ4v) is 11.7. The lowest BCUT2D eigenvalue weighted by Gasteiger charge is -2.32. The van der Waals surface area contributed by atoms with Crippen LogP contribution in [0.5, 0.6) is 0 Å². The summed E-state index contributed by atoms with van der Waals surface area (Å²) in [6, 6.07) is 94.1. The van der Waals surface area contributed by atoms with E-state index in [-0.39, 0.29) is 0 Å². The molecule has 14 rings (SSSR count). The van der Waals surface area contributed by atoms with Crippen LogP contribution in [0, 0.1) is 0 Å². The second kappa shape index (κ2) is 14.7. The Bertz CT molecular complexity index is 3850. The van der Waals surface area contributed by atoms with Crippen LogP contribution in [0.3, 0.4) is 0 Å². The molecule has 0 atom stereocenters. The molecule has 2 heteroatoms. The molecule has 0 bridgehead atoms. The molecule has 12 aromatic rings. The Balaban J connectivity index is 0.827. The summed E-state index contributed by atoms with van der Waals surface area (Å²) in [7, 11) is 0. The van der Waals surface area contributed by atoms with Crippen LogP contribution in [-0.4, -0.2) is 4.57 Å². The molecule has 2 nitrogen and oxygen atoms in total. The molecule has 0 aliphatic heterocycles. The van der Waals surface area contributed by atoms with Crippen molar-refractivity contribution in [2.24, 2.45) is 0 Å². The normalized spacial score (nSPS) is 12.9. The van der Waals surface area contributed by atoms with E-state index in [1.54, 1.807) is 0 Å². The van der Waals surface area contributed by atoms with Crippen LogP contribution >= 0.6 is 0 Å². The summed E-state index contributed by atoms with van der Waals surface area (Å²) in [5, 5.41) is 5.00. The number of fused-ring (bicyclic) bond motifs is 14. The van der Waals surface area contributed by atoms with E-state index in [9.17, 15) is 0 Å². The smallest absolute Gasteiger partial charge is 0.0726 e. The number of nitrogens with zero attached hydrogens (tertiary/aromatic N) is 2. The second-order valence-corrected chi connectivity index (χ2v) is 18.0. The summed E-state index contributed by atoms with van der Waals surface area (Å²) in [4.78, 5) is 2.41. The molecule has 1 heterocycles. The Hall–Kier alpha value is -8.72. The van der Waals surface area contributed by atoms with Crippen LogP contribution in [-0.2, 0) is 5.41 Å². The quantitative estimate of drug-likeness (QED) is 0.162. The highest BCUT2D eigenvalue weighted by Gasteiger charge is 2.51. The Kier molecular flexibility index (Phi) is 8.23. The zero-order valence-electron chi connectivity index (χ0n) is 36.6. The summed E-state index contributed by atoms with van der Waals surface area (Å²) in [5.74, 6) is 0. The lowest BCUT2D eigenvalue weighted by atomic mass is 9.70. The van der Waals surface area contributed by atoms with Crippen LogP contribution in [0.1, 0.15) is 22.3 Å². The number of para-hydroxylation sites is 2. The fraction of sp³-hybridized carbons (Fsp3) is 0.0154. The SMILES string of the molecule is c1ccc(N(c2ccc(-c3ccc(-c4ccc5c(c4)c4ccccc4n5-c4cccc5ccccc45)cc3)cc2)c2ccc3c(c2)C2(c4ccccc4-c4ccccc42)c2ccccc2-3)cc1. The van der Waals surface area contributed by atoms with Gasteiger partial charge in [-0.1, -0.05) is 194 Å². The molecule has 0 saturated carbocycles. The van der Waals surface area contributed by atoms with Crippen molar-refractivity contribution in [3.63, 3.8) is 0 Å². The maximum absolute atomic E-state index is 2.46. The Labute approximate surface area is 389 Å². The number of hydrogen-bond donors (Lipinski definition) is 0. The highest BCUT2D eigenvalue weighted by atomic mass is 15.1. The van der Waals surface area contributed by atoms with E-state index < -0.39 is 5.41 Å². The first-order chi connectivity index (χ1) is 33.2. The van der Waals surface area contributed by atoms with Gasteiger partial charge in [0.2, 0.25) is 0 Å². The van der Waals surface area contributed by atoms with Crippen molar-refractivity contribution in [3.05, 3.63) is 277 Å². The summed E-state index contributed by atoms with van der Waals surface area (Å²) < 4.78 is 2.43. The maximum Gasteiger partial charge on any atom is 0.0726 e. The molecular formula is C65H42N2. The van der Waals surface area contributed by atoms with Crippen LogP contribution in [0.2, 0.25) is 0 Å². The first-order valence-corrected chi connectivity index (χ1v) is 23.3. The third kappa shape index (κ3) is 5.51. The van der Waals surface area contributed by atoms with E-state index in [2.05, 4.69) is 264 Å². The lowest BCUT2D eigenvalue weighted by molar-refractivity contribution is 0.793. The highest BCUT2D eigenvalue weighted by Crippen LogP contribution is 2.63. The predicted molar refractivity (Wildman–Crippen MR) is 280 cm³/mol. The highest BCUT2D eigenvalue weighted by molar-refractivity contribution is 6.12. The van der Waals surface area contributed by atoms with Crippen molar-refractivity contribution in [3.8, 4) is 50.2 Å². The summed E-state index contributed by atoms with van der Waals surface area (Å²) >= 11 is 0. The van der Waals surface area contributed by atoms with Crippen LogP contribution in [0.25, 0.3) is 82.8 Å². The third-order valence-corrected chi connectivity index (χ3v) is 14.6. The monoisotopic (exact) mass is 850 g/mol. The van der Waals surface area contributed by atoms with E-state index in [0.717, 1.165) is 17.1 Å². The molecule has 1 spiro atoms. The second-order valence-electron chi connectivity index (χ2n) is 18.0. The largest absolute Gasteiger partial charge is 0.310 e. The number of benzene rings is 11. The van der Waals surface area contributed by atoms with Crippen molar-refractivity contribution in [2.75, 3.05) is 4.90 Å². The zero-order valence-corrected chi connectivity index (χ0v) is 36.6. The van der Waals surface area contributed by atoms with Gasteiger partial charge in [-0.3, -0.25) is 0 Å². The van der Waals surface area contributed by atoms with E-state index >= 15 is 0 Å². The maximum atomic E-state index is 2.46. The number of aromatic nitrogens is 1. The number of anilines is 3. The minimum absolute atomic E-state index is 0.407. The van der Waals surface area contributed by atoms with Crippen molar-refractivity contribution in [1.82, 2.24) is 4.57 Å². The molecule has 1 aromatic heterocycles. The first-order valence-electron chi connectivity index (χ1n) is 23.3. The standard InChI is InChI=1S/C65H42N2/c1-2-17-48(18-3-1)66(50-38-39-55-54-22-8-12-26-60(54)65(61(55)42-50)58-24-10-6-20-52(58)53-21-7-11-25-59(53)65)49-36-33-44(34-37-49)43-29-31-45(32-30-43)47-35-40-64-57(41-47)56-23-9-13-27-63(56)67(64)62-28-14-16-46-15-4-5-19-51(46)62/h1-42H. The zero-order chi connectivity index (χ0) is 44.1. The average Bonchev–Trinajstić information content (AvgIpc) is 4.00. The lowest BCUT2D eigenvalue weighted by Crippen LogP contribution is -2.26. The van der Waals surface area contributed by atoms with Crippen molar-refractivity contribution >= 4 is 49.6 Å². The van der Waals surface area contributed by atoms with Gasteiger partial charge in [0.1, 0.15) is 0 Å². The molecule has 0 amide bonds. The van der Waals surface area contributed by atoms with Gasteiger partial charge in [-0.05, 0) is 133 Å². The molecule has 312 valence electrons. The molecule has 0 radical (unpaired) electrons.